The predicted molar refractivity (Wildman–Crippen MR) is 81.7 cm³/mol. The number of nitrogens with zero attached hydrogens (tertiary/aromatic N) is 2. The van der Waals surface area contributed by atoms with Crippen LogP contribution in [0, 0.1) is 18.3 Å². The second-order valence-corrected chi connectivity index (χ2v) is 6.57. The minimum atomic E-state index is -0.0365. The van der Waals surface area contributed by atoms with Crippen LogP contribution < -0.4 is 5.32 Å². The summed E-state index contributed by atoms with van der Waals surface area (Å²) in [6, 6.07) is 3.66. The molecule has 2 amide bonds. The van der Waals surface area contributed by atoms with Crippen LogP contribution in [0.1, 0.15) is 38.8 Å². The maximum atomic E-state index is 12.2. The molecule has 4 heteroatoms. The summed E-state index contributed by atoms with van der Waals surface area (Å²) in [4.78, 5) is 18.1. The van der Waals surface area contributed by atoms with E-state index in [9.17, 15) is 4.79 Å². The van der Waals surface area contributed by atoms with Gasteiger partial charge < -0.3 is 10.2 Å². The SMILES string of the molecule is Cc1cc(NC(=O)N(C)CC2(CC(C)C)CC2)ccn1. The van der Waals surface area contributed by atoms with Crippen LogP contribution in [0.15, 0.2) is 18.3 Å². The van der Waals surface area contributed by atoms with Gasteiger partial charge in [0.25, 0.3) is 0 Å². The number of pyridine rings is 1. The second-order valence-electron chi connectivity index (χ2n) is 6.57. The smallest absolute Gasteiger partial charge is 0.321 e. The zero-order chi connectivity index (χ0) is 14.8. The van der Waals surface area contributed by atoms with Crippen LogP contribution in [0.2, 0.25) is 0 Å². The van der Waals surface area contributed by atoms with E-state index in [0.29, 0.717) is 11.3 Å². The molecule has 0 spiro atoms. The highest BCUT2D eigenvalue weighted by atomic mass is 16.2. The van der Waals surface area contributed by atoms with Crippen molar-refractivity contribution in [1.29, 1.82) is 0 Å². The first-order chi connectivity index (χ1) is 9.40. The Hall–Kier alpha value is -1.58. The molecule has 0 bridgehead atoms. The molecule has 1 N–H and O–H groups in total. The average molecular weight is 275 g/mol. The number of amides is 2. The molecule has 2 rings (SSSR count). The van der Waals surface area contributed by atoms with Crippen LogP contribution >= 0.6 is 0 Å². The van der Waals surface area contributed by atoms with Crippen LogP contribution in [0.5, 0.6) is 0 Å². The Bertz CT molecular complexity index is 480. The summed E-state index contributed by atoms with van der Waals surface area (Å²) in [6.45, 7) is 7.27. The maximum absolute atomic E-state index is 12.2. The molecule has 1 aromatic rings. The summed E-state index contributed by atoms with van der Waals surface area (Å²) < 4.78 is 0. The molecule has 1 aliphatic carbocycles. The number of anilines is 1. The Balaban J connectivity index is 1.89. The fraction of sp³-hybridized carbons (Fsp3) is 0.625. The second kappa shape index (κ2) is 5.81. The maximum Gasteiger partial charge on any atom is 0.321 e. The third-order valence-corrected chi connectivity index (χ3v) is 3.87. The number of aromatic nitrogens is 1. The van der Waals surface area contributed by atoms with Crippen molar-refractivity contribution in [2.75, 3.05) is 18.9 Å². The van der Waals surface area contributed by atoms with Crippen LogP contribution in [-0.4, -0.2) is 29.5 Å². The van der Waals surface area contributed by atoms with Gasteiger partial charge in [-0.2, -0.15) is 0 Å². The van der Waals surface area contributed by atoms with Crippen molar-refractivity contribution in [2.45, 2.75) is 40.0 Å². The number of carbonyl (C=O) groups excluding carboxylic acids is 1. The summed E-state index contributed by atoms with van der Waals surface area (Å²) in [5, 5.41) is 2.93. The Labute approximate surface area is 121 Å². The van der Waals surface area contributed by atoms with Gasteiger partial charge in [0, 0.05) is 31.2 Å². The van der Waals surface area contributed by atoms with Gasteiger partial charge in [0.05, 0.1) is 0 Å². The molecule has 1 aliphatic rings. The van der Waals surface area contributed by atoms with Crippen molar-refractivity contribution >= 4 is 11.7 Å². The van der Waals surface area contributed by atoms with Crippen molar-refractivity contribution in [3.05, 3.63) is 24.0 Å². The number of hydrogen-bond donors (Lipinski definition) is 1. The quantitative estimate of drug-likeness (QED) is 0.891. The van der Waals surface area contributed by atoms with Crippen molar-refractivity contribution in [3.63, 3.8) is 0 Å². The average Bonchev–Trinajstić information content (AvgIpc) is 3.07. The summed E-state index contributed by atoms with van der Waals surface area (Å²) >= 11 is 0. The largest absolute Gasteiger partial charge is 0.327 e. The third-order valence-electron chi connectivity index (χ3n) is 3.87. The third kappa shape index (κ3) is 3.95. The van der Waals surface area contributed by atoms with Crippen LogP contribution in [0.4, 0.5) is 10.5 Å². The molecule has 1 aromatic heterocycles. The number of carbonyl (C=O) groups is 1. The molecule has 0 aromatic carbocycles. The zero-order valence-electron chi connectivity index (χ0n) is 12.9. The topological polar surface area (TPSA) is 45.2 Å². The van der Waals surface area contributed by atoms with Gasteiger partial charge in [0.2, 0.25) is 0 Å². The van der Waals surface area contributed by atoms with E-state index in [0.717, 1.165) is 17.9 Å². The van der Waals surface area contributed by atoms with E-state index < -0.39 is 0 Å². The molecular weight excluding hydrogens is 250 g/mol. The standard InChI is InChI=1S/C16H25N3O/c1-12(2)10-16(6-7-16)11-19(4)15(20)18-14-5-8-17-13(3)9-14/h5,8-9,12H,6-7,10-11H2,1-4H3,(H,17,18,20). The molecule has 4 nitrogen and oxygen atoms in total. The fourth-order valence-electron chi connectivity index (χ4n) is 2.89. The van der Waals surface area contributed by atoms with E-state index in [1.165, 1.54) is 19.3 Å². The molecule has 0 radical (unpaired) electrons. The van der Waals surface area contributed by atoms with Crippen molar-refractivity contribution in [3.8, 4) is 0 Å². The molecule has 110 valence electrons. The first-order valence-electron chi connectivity index (χ1n) is 7.35. The van der Waals surface area contributed by atoms with Crippen LogP contribution in [-0.2, 0) is 0 Å². The van der Waals surface area contributed by atoms with E-state index in [2.05, 4.69) is 24.1 Å². The fourth-order valence-corrected chi connectivity index (χ4v) is 2.89. The minimum Gasteiger partial charge on any atom is -0.327 e. The molecule has 1 saturated carbocycles. The molecule has 0 aliphatic heterocycles. The Morgan fingerprint density at radius 1 is 1.50 bits per heavy atom. The molecule has 20 heavy (non-hydrogen) atoms. The lowest BCUT2D eigenvalue weighted by molar-refractivity contribution is 0.205. The number of rotatable bonds is 5. The lowest BCUT2D eigenvalue weighted by atomic mass is 9.94. The summed E-state index contributed by atoms with van der Waals surface area (Å²) in [5.41, 5.74) is 2.08. The lowest BCUT2D eigenvalue weighted by Gasteiger charge is -2.25. The van der Waals surface area contributed by atoms with Crippen LogP contribution in [0.25, 0.3) is 0 Å². The van der Waals surface area contributed by atoms with Gasteiger partial charge in [-0.3, -0.25) is 4.98 Å². The van der Waals surface area contributed by atoms with Gasteiger partial charge in [-0.05, 0) is 49.7 Å². The Kier molecular flexibility index (Phi) is 4.31. The van der Waals surface area contributed by atoms with Crippen molar-refractivity contribution in [2.24, 2.45) is 11.3 Å². The Morgan fingerprint density at radius 2 is 2.20 bits per heavy atom. The number of hydrogen-bond acceptors (Lipinski definition) is 2. The van der Waals surface area contributed by atoms with E-state index >= 15 is 0 Å². The molecule has 1 fully saturated rings. The highest BCUT2D eigenvalue weighted by Gasteiger charge is 2.44. The minimum absolute atomic E-state index is 0.0365. The summed E-state index contributed by atoms with van der Waals surface area (Å²) in [6.07, 6.45) is 5.42. The number of urea groups is 1. The monoisotopic (exact) mass is 275 g/mol. The summed E-state index contributed by atoms with van der Waals surface area (Å²) in [7, 11) is 1.88. The van der Waals surface area contributed by atoms with Gasteiger partial charge in [0.1, 0.15) is 0 Å². The van der Waals surface area contributed by atoms with Gasteiger partial charge in [-0.25, -0.2) is 4.79 Å². The van der Waals surface area contributed by atoms with Gasteiger partial charge in [-0.1, -0.05) is 13.8 Å². The predicted octanol–water partition coefficient (Wildman–Crippen LogP) is 3.68. The molecule has 0 saturated heterocycles. The van der Waals surface area contributed by atoms with E-state index in [-0.39, 0.29) is 6.03 Å². The Morgan fingerprint density at radius 3 is 2.75 bits per heavy atom. The number of nitrogens with one attached hydrogen (secondary N) is 1. The van der Waals surface area contributed by atoms with Gasteiger partial charge in [0.15, 0.2) is 0 Å². The van der Waals surface area contributed by atoms with Crippen molar-refractivity contribution < 1.29 is 4.79 Å². The number of aryl methyl sites for hydroxylation is 1. The van der Waals surface area contributed by atoms with Gasteiger partial charge in [-0.15, -0.1) is 0 Å². The van der Waals surface area contributed by atoms with E-state index in [4.69, 9.17) is 0 Å². The molecule has 0 unspecified atom stereocenters. The zero-order valence-corrected chi connectivity index (χ0v) is 12.9. The molecule has 0 atom stereocenters. The summed E-state index contributed by atoms with van der Waals surface area (Å²) in [5.74, 6) is 0.691. The first-order valence-corrected chi connectivity index (χ1v) is 7.35. The van der Waals surface area contributed by atoms with Gasteiger partial charge >= 0.3 is 6.03 Å². The van der Waals surface area contributed by atoms with Crippen LogP contribution in [0.3, 0.4) is 0 Å². The van der Waals surface area contributed by atoms with Crippen molar-refractivity contribution in [1.82, 2.24) is 9.88 Å². The van der Waals surface area contributed by atoms with E-state index in [1.54, 1.807) is 6.20 Å². The first kappa shape index (κ1) is 14.8. The molecule has 1 heterocycles. The normalized spacial score (nSPS) is 16.1. The molecular formula is C16H25N3O. The lowest BCUT2D eigenvalue weighted by Crippen LogP contribution is -2.36. The highest BCUT2D eigenvalue weighted by Crippen LogP contribution is 2.51. The van der Waals surface area contributed by atoms with E-state index in [1.807, 2.05) is 31.0 Å². The highest BCUT2D eigenvalue weighted by molar-refractivity contribution is 5.89.